The molecule has 0 saturated carbocycles. The maximum atomic E-state index is 10.6. The van der Waals surface area contributed by atoms with Crippen LogP contribution in [0, 0.1) is 11.3 Å². The van der Waals surface area contributed by atoms with Crippen LogP contribution in [0.3, 0.4) is 0 Å². The lowest BCUT2D eigenvalue weighted by atomic mass is 10.1. The quantitative estimate of drug-likeness (QED) is 0.663. The lowest BCUT2D eigenvalue weighted by Crippen LogP contribution is -2.02. The van der Waals surface area contributed by atoms with Crippen LogP contribution < -0.4 is 0 Å². The highest BCUT2D eigenvalue weighted by molar-refractivity contribution is 5.74. The summed E-state index contributed by atoms with van der Waals surface area (Å²) in [5, 5.41) is 8.57. The summed E-state index contributed by atoms with van der Waals surface area (Å²) < 4.78 is 4.89. The number of ether oxygens (including phenoxy) is 1. The largest absolute Gasteiger partial charge is 0.384 e. The van der Waals surface area contributed by atoms with E-state index in [1.54, 1.807) is 19.2 Å². The number of hydrogen-bond donors (Lipinski definition) is 0. The second-order valence-corrected chi connectivity index (χ2v) is 2.71. The number of hydrogen-bond acceptors (Lipinski definition) is 4. The van der Waals surface area contributed by atoms with Crippen LogP contribution in [0.5, 0.6) is 0 Å². The zero-order chi connectivity index (χ0) is 10.4. The third-order valence-corrected chi connectivity index (χ3v) is 1.81. The van der Waals surface area contributed by atoms with Crippen molar-refractivity contribution in [3.63, 3.8) is 0 Å². The van der Waals surface area contributed by atoms with Gasteiger partial charge < -0.3 is 4.74 Å². The zero-order valence-corrected chi connectivity index (χ0v) is 7.86. The Kier molecular flexibility index (Phi) is 3.77. The number of methoxy groups -OCH3 is 1. The van der Waals surface area contributed by atoms with Crippen molar-refractivity contribution >= 4 is 6.29 Å². The van der Waals surface area contributed by atoms with Crippen LogP contribution in [0.4, 0.5) is 0 Å². The Morgan fingerprint density at radius 1 is 1.64 bits per heavy atom. The lowest BCUT2D eigenvalue weighted by Gasteiger charge is -2.02. The van der Waals surface area contributed by atoms with Gasteiger partial charge in [-0.2, -0.15) is 5.26 Å². The van der Waals surface area contributed by atoms with E-state index in [0.717, 1.165) is 5.56 Å². The fraction of sp³-hybridized carbons (Fsp3) is 0.300. The highest BCUT2D eigenvalue weighted by Gasteiger charge is 2.04. The Morgan fingerprint density at radius 2 is 2.43 bits per heavy atom. The third-order valence-electron chi connectivity index (χ3n) is 1.81. The molecule has 0 amide bonds. The molecular weight excluding hydrogens is 180 g/mol. The predicted octanol–water partition coefficient (Wildman–Crippen LogP) is 0.955. The van der Waals surface area contributed by atoms with Crippen LogP contribution in [-0.2, 0) is 11.2 Å². The molecule has 0 atom stereocenters. The smallest absolute Gasteiger partial charge is 0.168 e. The molecule has 4 nitrogen and oxygen atoms in total. The Labute approximate surface area is 82.1 Å². The van der Waals surface area contributed by atoms with Gasteiger partial charge in [0.2, 0.25) is 0 Å². The second kappa shape index (κ2) is 5.10. The number of carbonyl (C=O) groups is 1. The zero-order valence-electron chi connectivity index (χ0n) is 7.86. The highest BCUT2D eigenvalue weighted by Crippen LogP contribution is 2.06. The highest BCUT2D eigenvalue weighted by atomic mass is 16.5. The molecule has 0 saturated heterocycles. The number of aromatic nitrogens is 1. The van der Waals surface area contributed by atoms with Crippen molar-refractivity contribution in [3.8, 4) is 6.07 Å². The van der Waals surface area contributed by atoms with Crippen LogP contribution in [-0.4, -0.2) is 25.0 Å². The average Bonchev–Trinajstić information content (AvgIpc) is 2.26. The average molecular weight is 190 g/mol. The fourth-order valence-corrected chi connectivity index (χ4v) is 1.09. The molecule has 0 N–H and O–H groups in total. The van der Waals surface area contributed by atoms with E-state index in [9.17, 15) is 4.79 Å². The standard InChI is InChI=1S/C10H10N2O2/c1-14-5-4-8-2-3-9(6-11)12-10(8)7-13/h2-3,7H,4-5H2,1H3. The molecule has 1 aromatic rings. The van der Waals surface area contributed by atoms with E-state index in [0.29, 0.717) is 25.0 Å². The van der Waals surface area contributed by atoms with Crippen molar-refractivity contribution in [2.75, 3.05) is 13.7 Å². The number of pyridine rings is 1. The first-order valence-corrected chi connectivity index (χ1v) is 4.16. The van der Waals surface area contributed by atoms with Crippen molar-refractivity contribution in [3.05, 3.63) is 29.1 Å². The molecule has 1 aromatic heterocycles. The van der Waals surface area contributed by atoms with Crippen molar-refractivity contribution < 1.29 is 9.53 Å². The van der Waals surface area contributed by atoms with E-state index in [1.165, 1.54) is 0 Å². The molecule has 0 spiro atoms. The van der Waals surface area contributed by atoms with Gasteiger partial charge in [0, 0.05) is 7.11 Å². The number of rotatable bonds is 4. The van der Waals surface area contributed by atoms with Crippen molar-refractivity contribution in [1.82, 2.24) is 4.98 Å². The van der Waals surface area contributed by atoms with Gasteiger partial charge >= 0.3 is 0 Å². The minimum absolute atomic E-state index is 0.258. The number of carbonyl (C=O) groups excluding carboxylic acids is 1. The first-order valence-electron chi connectivity index (χ1n) is 4.16. The molecule has 0 bridgehead atoms. The molecule has 0 aliphatic carbocycles. The summed E-state index contributed by atoms with van der Waals surface area (Å²) in [5.74, 6) is 0. The van der Waals surface area contributed by atoms with Gasteiger partial charge in [-0.1, -0.05) is 6.07 Å². The van der Waals surface area contributed by atoms with Crippen LogP contribution in [0.15, 0.2) is 12.1 Å². The first-order chi connectivity index (χ1) is 6.81. The van der Waals surface area contributed by atoms with Gasteiger partial charge in [0.05, 0.1) is 6.61 Å². The molecule has 0 aromatic carbocycles. The topological polar surface area (TPSA) is 63.0 Å². The lowest BCUT2D eigenvalue weighted by molar-refractivity contribution is 0.111. The Morgan fingerprint density at radius 3 is 3.00 bits per heavy atom. The SMILES string of the molecule is COCCc1ccc(C#N)nc1C=O. The van der Waals surface area contributed by atoms with E-state index in [1.807, 2.05) is 6.07 Å². The van der Waals surface area contributed by atoms with Crippen LogP contribution in [0.25, 0.3) is 0 Å². The molecule has 14 heavy (non-hydrogen) atoms. The van der Waals surface area contributed by atoms with Gasteiger partial charge in [-0.15, -0.1) is 0 Å². The van der Waals surface area contributed by atoms with Crippen molar-refractivity contribution in [2.45, 2.75) is 6.42 Å². The molecule has 0 aliphatic rings. The monoisotopic (exact) mass is 190 g/mol. The first kappa shape index (κ1) is 10.4. The van der Waals surface area contributed by atoms with Crippen LogP contribution >= 0.6 is 0 Å². The maximum absolute atomic E-state index is 10.6. The number of aldehydes is 1. The van der Waals surface area contributed by atoms with Crippen LogP contribution in [0.1, 0.15) is 21.7 Å². The maximum Gasteiger partial charge on any atom is 0.168 e. The van der Waals surface area contributed by atoms with E-state index in [-0.39, 0.29) is 5.69 Å². The summed E-state index contributed by atoms with van der Waals surface area (Å²) in [4.78, 5) is 14.5. The van der Waals surface area contributed by atoms with Gasteiger partial charge in [-0.3, -0.25) is 4.79 Å². The third kappa shape index (κ3) is 2.38. The predicted molar refractivity (Wildman–Crippen MR) is 49.9 cm³/mol. The number of nitrogens with zero attached hydrogens (tertiary/aromatic N) is 2. The van der Waals surface area contributed by atoms with Gasteiger partial charge in [-0.05, 0) is 18.1 Å². The van der Waals surface area contributed by atoms with Gasteiger partial charge in [0.25, 0.3) is 0 Å². The summed E-state index contributed by atoms with van der Waals surface area (Å²) in [5.41, 5.74) is 1.38. The molecule has 4 heteroatoms. The molecule has 0 aliphatic heterocycles. The van der Waals surface area contributed by atoms with Crippen molar-refractivity contribution in [1.29, 1.82) is 5.26 Å². The van der Waals surface area contributed by atoms with Gasteiger partial charge in [-0.25, -0.2) is 4.98 Å². The molecular formula is C10H10N2O2. The van der Waals surface area contributed by atoms with E-state index in [2.05, 4.69) is 4.98 Å². The normalized spacial score (nSPS) is 9.43. The van der Waals surface area contributed by atoms with E-state index in [4.69, 9.17) is 10.00 Å². The van der Waals surface area contributed by atoms with Crippen molar-refractivity contribution in [2.24, 2.45) is 0 Å². The molecule has 1 rings (SSSR count). The summed E-state index contributed by atoms with van der Waals surface area (Å²) in [6.45, 7) is 0.536. The Balaban J connectivity index is 2.94. The second-order valence-electron chi connectivity index (χ2n) is 2.71. The molecule has 72 valence electrons. The van der Waals surface area contributed by atoms with Crippen LogP contribution in [0.2, 0.25) is 0 Å². The van der Waals surface area contributed by atoms with Gasteiger partial charge in [0.15, 0.2) is 6.29 Å². The molecule has 0 radical (unpaired) electrons. The fourth-order valence-electron chi connectivity index (χ4n) is 1.09. The summed E-state index contributed by atoms with van der Waals surface area (Å²) in [6, 6.07) is 5.21. The minimum atomic E-state index is 0.258. The van der Waals surface area contributed by atoms with Gasteiger partial charge in [0.1, 0.15) is 17.5 Å². The summed E-state index contributed by atoms with van der Waals surface area (Å²) in [7, 11) is 1.59. The Hall–Kier alpha value is -1.73. The minimum Gasteiger partial charge on any atom is -0.384 e. The van der Waals surface area contributed by atoms with E-state index < -0.39 is 0 Å². The molecule has 0 unspecified atom stereocenters. The Bertz CT molecular complexity index is 369. The molecule has 0 fully saturated rings. The number of nitriles is 1. The molecule has 1 heterocycles. The summed E-state index contributed by atoms with van der Waals surface area (Å²) in [6.07, 6.45) is 1.29. The summed E-state index contributed by atoms with van der Waals surface area (Å²) >= 11 is 0. The van der Waals surface area contributed by atoms with E-state index >= 15 is 0 Å².